The first-order valence-corrected chi connectivity index (χ1v) is 14.9. The Balaban J connectivity index is 1.66. The molecule has 0 spiro atoms. The summed E-state index contributed by atoms with van der Waals surface area (Å²) >= 11 is 5.81. The monoisotopic (exact) mass is 627 g/mol. The van der Waals surface area contributed by atoms with Crippen LogP contribution in [0.15, 0.2) is 71.6 Å². The van der Waals surface area contributed by atoms with Crippen molar-refractivity contribution in [1.82, 2.24) is 9.88 Å². The molecule has 1 N–H and O–H groups in total. The number of hydrogen-bond donors (Lipinski definition) is 1. The van der Waals surface area contributed by atoms with Gasteiger partial charge in [0, 0.05) is 40.6 Å². The average molecular weight is 628 g/mol. The van der Waals surface area contributed by atoms with Gasteiger partial charge in [0.25, 0.3) is 5.91 Å². The molecule has 1 aromatic heterocycles. The molecule has 1 atom stereocenters. The molecule has 0 saturated carbocycles. The minimum atomic E-state index is -4.66. The summed E-state index contributed by atoms with van der Waals surface area (Å²) in [7, 11) is -6.26. The number of aryl methyl sites for hydroxylation is 1. The fourth-order valence-corrected chi connectivity index (χ4v) is 5.80. The quantitative estimate of drug-likeness (QED) is 0.186. The SMILES string of the molecule is [2H]C([2H])([2H])OC[C@H](NC(=O)c1ccc2c(c1)cc(Cc1ccc(Cl)cc1C(F)(F)F)n2CCF)c1ccc(S(=O)(=O)CC)cc1. The minimum Gasteiger partial charge on any atom is -0.382 e. The Morgan fingerprint density at radius 2 is 1.83 bits per heavy atom. The van der Waals surface area contributed by atoms with Crippen LogP contribution >= 0.6 is 11.6 Å². The van der Waals surface area contributed by atoms with Crippen molar-refractivity contribution in [3.63, 3.8) is 0 Å². The van der Waals surface area contributed by atoms with E-state index in [0.29, 0.717) is 22.2 Å². The zero-order chi connectivity index (χ0) is 33.2. The zero-order valence-corrected chi connectivity index (χ0v) is 23.9. The molecule has 0 aliphatic rings. The molecule has 4 rings (SSSR count). The Bertz CT molecular complexity index is 1790. The van der Waals surface area contributed by atoms with Crippen molar-refractivity contribution in [3.05, 3.63) is 99.7 Å². The molecule has 6 nitrogen and oxygen atoms in total. The number of sulfone groups is 1. The van der Waals surface area contributed by atoms with E-state index in [2.05, 4.69) is 5.32 Å². The fourth-order valence-electron chi connectivity index (χ4n) is 4.75. The molecule has 0 unspecified atom stereocenters. The van der Waals surface area contributed by atoms with Gasteiger partial charge in [-0.05, 0) is 59.7 Å². The van der Waals surface area contributed by atoms with Gasteiger partial charge in [0.15, 0.2) is 9.84 Å². The summed E-state index contributed by atoms with van der Waals surface area (Å²) in [5.74, 6) is -0.743. The Hall–Kier alpha value is -3.41. The number of hydrogen-bond acceptors (Lipinski definition) is 4. The third-order valence-electron chi connectivity index (χ3n) is 6.88. The molecule has 0 aliphatic carbocycles. The number of ether oxygens (including phenoxy) is 1. The maximum atomic E-state index is 13.7. The van der Waals surface area contributed by atoms with Gasteiger partial charge in [-0.1, -0.05) is 36.7 Å². The first kappa shape index (κ1) is 27.4. The number of nitrogens with zero attached hydrogens (tertiary/aromatic N) is 1. The van der Waals surface area contributed by atoms with Crippen LogP contribution in [0.5, 0.6) is 0 Å². The number of rotatable bonds is 11. The predicted molar refractivity (Wildman–Crippen MR) is 153 cm³/mol. The second-order valence-electron chi connectivity index (χ2n) is 9.54. The van der Waals surface area contributed by atoms with Gasteiger partial charge < -0.3 is 14.6 Å². The number of nitrogens with one attached hydrogen (secondary N) is 1. The molecular weight excluding hydrogens is 596 g/mol. The van der Waals surface area contributed by atoms with Crippen LogP contribution in [-0.2, 0) is 33.7 Å². The van der Waals surface area contributed by atoms with Crippen LogP contribution in [0.3, 0.4) is 0 Å². The van der Waals surface area contributed by atoms with Gasteiger partial charge in [-0.2, -0.15) is 13.2 Å². The molecule has 0 saturated heterocycles. The summed E-state index contributed by atoms with van der Waals surface area (Å²) in [4.78, 5) is 13.4. The summed E-state index contributed by atoms with van der Waals surface area (Å²) in [6.45, 7) is 0.135. The molecule has 1 amide bonds. The predicted octanol–water partition coefficient (Wildman–Crippen LogP) is 6.78. The lowest BCUT2D eigenvalue weighted by atomic mass is 10.0. The number of fused-ring (bicyclic) bond motifs is 1. The maximum Gasteiger partial charge on any atom is 0.416 e. The lowest BCUT2D eigenvalue weighted by molar-refractivity contribution is -0.138. The number of aromatic nitrogens is 1. The first-order chi connectivity index (χ1) is 21.0. The topological polar surface area (TPSA) is 77.4 Å². The molecule has 0 bridgehead atoms. The van der Waals surface area contributed by atoms with Crippen LogP contribution in [0.2, 0.25) is 5.02 Å². The van der Waals surface area contributed by atoms with Crippen LogP contribution in [0.25, 0.3) is 10.9 Å². The smallest absolute Gasteiger partial charge is 0.382 e. The Morgan fingerprint density at radius 3 is 2.48 bits per heavy atom. The van der Waals surface area contributed by atoms with Gasteiger partial charge >= 0.3 is 6.18 Å². The number of alkyl halides is 4. The highest BCUT2D eigenvalue weighted by molar-refractivity contribution is 7.91. The summed E-state index contributed by atoms with van der Waals surface area (Å²) in [6, 6.07) is 14.2. The van der Waals surface area contributed by atoms with Crippen molar-refractivity contribution in [3.8, 4) is 0 Å². The van der Waals surface area contributed by atoms with Gasteiger partial charge in [0.05, 0.1) is 39.5 Å². The second kappa shape index (κ2) is 12.8. The van der Waals surface area contributed by atoms with E-state index in [0.717, 1.165) is 6.07 Å². The molecule has 0 radical (unpaired) electrons. The van der Waals surface area contributed by atoms with Crippen LogP contribution in [-0.4, -0.2) is 45.0 Å². The van der Waals surface area contributed by atoms with E-state index in [4.69, 9.17) is 20.5 Å². The summed E-state index contributed by atoms with van der Waals surface area (Å²) < 4.78 is 108. The lowest BCUT2D eigenvalue weighted by Crippen LogP contribution is -2.31. The molecule has 0 fully saturated rings. The van der Waals surface area contributed by atoms with E-state index >= 15 is 0 Å². The average Bonchev–Trinajstić information content (AvgIpc) is 3.31. The summed E-state index contributed by atoms with van der Waals surface area (Å²) in [5, 5.41) is 3.10. The van der Waals surface area contributed by atoms with Crippen molar-refractivity contribution >= 4 is 38.2 Å². The number of benzene rings is 3. The summed E-state index contributed by atoms with van der Waals surface area (Å²) in [5.41, 5.74) is 0.456. The van der Waals surface area contributed by atoms with Crippen LogP contribution in [0.4, 0.5) is 17.6 Å². The standard InChI is InChI=1S/C30H29ClF4N2O4S/c1-3-42(39,40)25-9-5-19(6-10-25)27(18-41-2)36-29(38)21-7-11-28-22(14-21)16-24(37(28)13-12-32)15-20-4-8-23(31)17-26(20)30(33,34)35/h4-11,14,16-17,27H,3,12-13,15,18H2,1-2H3,(H,36,38)/t27-/m0/s1/i2D3. The van der Waals surface area contributed by atoms with E-state index in [1.165, 1.54) is 55.5 Å². The maximum absolute atomic E-state index is 13.7. The van der Waals surface area contributed by atoms with Crippen LogP contribution < -0.4 is 5.32 Å². The molecule has 12 heteroatoms. The number of amides is 1. The highest BCUT2D eigenvalue weighted by Gasteiger charge is 2.33. The number of carbonyl (C=O) groups excluding carboxylic acids is 1. The van der Waals surface area contributed by atoms with Crippen LogP contribution in [0.1, 0.15) is 49.8 Å². The van der Waals surface area contributed by atoms with Crippen molar-refractivity contribution in [2.24, 2.45) is 0 Å². The van der Waals surface area contributed by atoms with Crippen molar-refractivity contribution < 1.29 is 39.6 Å². The summed E-state index contributed by atoms with van der Waals surface area (Å²) in [6.07, 6.45) is -4.84. The van der Waals surface area contributed by atoms with Gasteiger partial charge in [-0.25, -0.2) is 12.8 Å². The largest absolute Gasteiger partial charge is 0.416 e. The molecule has 42 heavy (non-hydrogen) atoms. The van der Waals surface area contributed by atoms with Crippen molar-refractivity contribution in [2.75, 3.05) is 26.1 Å². The molecule has 0 aliphatic heterocycles. The van der Waals surface area contributed by atoms with Crippen molar-refractivity contribution in [2.45, 2.75) is 37.0 Å². The third kappa shape index (κ3) is 6.96. The molecule has 4 aromatic rings. The minimum absolute atomic E-state index is 0.0531. The van der Waals surface area contributed by atoms with Crippen molar-refractivity contribution in [1.29, 1.82) is 0 Å². The molecule has 3 aromatic carbocycles. The van der Waals surface area contributed by atoms with E-state index < -0.39 is 53.8 Å². The van der Waals surface area contributed by atoms with Gasteiger partial charge in [0.2, 0.25) is 0 Å². The number of halogens is 5. The Morgan fingerprint density at radius 1 is 1.10 bits per heavy atom. The molecule has 1 heterocycles. The van der Waals surface area contributed by atoms with Crippen LogP contribution in [0, 0.1) is 0 Å². The second-order valence-corrected chi connectivity index (χ2v) is 12.3. The molecule has 224 valence electrons. The lowest BCUT2D eigenvalue weighted by Gasteiger charge is -2.19. The highest BCUT2D eigenvalue weighted by atomic mass is 35.5. The third-order valence-corrected chi connectivity index (χ3v) is 8.87. The zero-order valence-electron chi connectivity index (χ0n) is 25.3. The van der Waals surface area contributed by atoms with Gasteiger partial charge in [-0.15, -0.1) is 0 Å². The van der Waals surface area contributed by atoms with E-state index in [1.807, 2.05) is 0 Å². The number of carbonyl (C=O) groups is 1. The Labute approximate surface area is 250 Å². The van der Waals surface area contributed by atoms with E-state index in [9.17, 15) is 30.8 Å². The number of methoxy groups -OCH3 is 1. The van der Waals surface area contributed by atoms with E-state index in [1.54, 1.807) is 16.7 Å². The van der Waals surface area contributed by atoms with E-state index in [-0.39, 0.29) is 39.8 Å². The fraction of sp³-hybridized carbons (Fsp3) is 0.300. The normalized spacial score (nSPS) is 14.3. The highest BCUT2D eigenvalue weighted by Crippen LogP contribution is 2.35. The van der Waals surface area contributed by atoms with Gasteiger partial charge in [0.1, 0.15) is 6.67 Å². The van der Waals surface area contributed by atoms with Gasteiger partial charge in [-0.3, -0.25) is 4.79 Å². The Kier molecular flexibility index (Phi) is 8.39. The first-order valence-electron chi connectivity index (χ1n) is 14.3. The molecular formula is C30H29ClF4N2O4S.